The highest BCUT2D eigenvalue weighted by Crippen LogP contribution is 2.77. The first-order chi connectivity index (χ1) is 39.9. The van der Waals surface area contributed by atoms with Crippen molar-refractivity contribution in [2.45, 2.75) is 306 Å². The van der Waals surface area contributed by atoms with Gasteiger partial charge in [-0.2, -0.15) is 0 Å². The second kappa shape index (κ2) is 25.3. The van der Waals surface area contributed by atoms with Gasteiger partial charge in [-0.25, -0.2) is 0 Å². The van der Waals surface area contributed by atoms with Gasteiger partial charge in [-0.3, -0.25) is 28.8 Å². The summed E-state index contributed by atoms with van der Waals surface area (Å²) in [5.41, 5.74) is -7.98. The third kappa shape index (κ3) is 10.5. The molecule has 10 rings (SSSR count). The van der Waals surface area contributed by atoms with Crippen molar-refractivity contribution in [2.24, 2.45) is 46.3 Å². The van der Waals surface area contributed by atoms with Gasteiger partial charge in [0.15, 0.2) is 11.2 Å². The maximum atomic E-state index is 13.3. The molecule has 2 spiro atoms. The lowest BCUT2D eigenvalue weighted by Crippen LogP contribution is -2.72. The van der Waals surface area contributed by atoms with Crippen LogP contribution in [0.15, 0.2) is 24.3 Å². The van der Waals surface area contributed by atoms with Crippen molar-refractivity contribution in [3.63, 3.8) is 0 Å². The van der Waals surface area contributed by atoms with Crippen molar-refractivity contribution in [1.82, 2.24) is 0 Å². The molecule has 10 aliphatic rings. The molecule has 22 atom stereocenters. The quantitative estimate of drug-likeness (QED) is 0.0172. The molecular weight excluding hydrogens is 1080 g/mol. The van der Waals surface area contributed by atoms with Crippen molar-refractivity contribution in [3.05, 3.63) is 24.3 Å². The number of esters is 6. The van der Waals surface area contributed by atoms with Gasteiger partial charge in [0.25, 0.3) is 0 Å². The predicted octanol–water partition coefficient (Wildman–Crippen LogP) is 9.10. The van der Waals surface area contributed by atoms with Crippen molar-refractivity contribution in [2.75, 3.05) is 0 Å². The summed E-state index contributed by atoms with van der Waals surface area (Å²) in [5.74, 6) is -7.69. The Kier molecular flexibility index (Phi) is 19.4. The second-order valence-electron chi connectivity index (χ2n) is 27.6. The van der Waals surface area contributed by atoms with Crippen LogP contribution in [0.5, 0.6) is 0 Å². The number of unbranched alkanes of at least 4 members (excludes halogenated alkanes) is 20. The number of aliphatic hydroxyl groups is 4. The fraction of sp³-hybridized carbons (Fsp3) is 0.848. The third-order valence-corrected chi connectivity index (χ3v) is 22.5. The summed E-state index contributed by atoms with van der Waals surface area (Å²) >= 11 is 0. The highest BCUT2D eigenvalue weighted by Gasteiger charge is 2.95. The average Bonchev–Trinajstić information content (AvgIpc) is 1.50. The minimum absolute atomic E-state index is 0.0983. The van der Waals surface area contributed by atoms with Gasteiger partial charge in [0.05, 0.1) is 34.5 Å². The standard InChI is InChI=1S/2C33H50O9/c2*1-6-7-8-9-10-11-12-13-14-15-16-17-22(34)39-20(4)21-18-32(42-29(21)36)27-28(41-27)33(38)24-23(19(2)3)25(40-30(24)37)26(35)31(32,33)5/h2*20-21,23-28,35,38H,2,6-18H2,1,3-5H3/t2*20-,21+,23-,24+,25+,26+,27+,28-,31-,32+,33-/m00/s1. The smallest absolute Gasteiger partial charge is 0.313 e. The highest BCUT2D eigenvalue weighted by atomic mass is 16.7. The number of aliphatic hydroxyl groups excluding tert-OH is 2. The van der Waals surface area contributed by atoms with Crippen LogP contribution in [0.4, 0.5) is 0 Å². The third-order valence-electron chi connectivity index (χ3n) is 22.5. The first-order valence-corrected chi connectivity index (χ1v) is 32.6. The SMILES string of the molecule is C=C(C)[C@@H]1[C@H]2OC(=O)[C@@H]1[C@]1(O)[C@H]3O[C@H]3[C@]3(C[C@H]([C@H](C)OC(=O)CCCCCCCCCCCCC)C(=O)O3)[C@]1(C)[C@@H]2O.C=C(C)[C@@H]1[C@H]2OC(=O)[C@@H]1[C@]1(O)[C@H]3O[C@H]3[C@]3(C[C@H]([C@H](C)OC(=O)CCCCCCCCCCCCC)C(=O)O3)[C@]1(C)[C@@H]2O. The molecule has 0 aromatic rings. The summed E-state index contributed by atoms with van der Waals surface area (Å²) in [7, 11) is 0. The number of hydrogen-bond acceptors (Lipinski definition) is 18. The molecule has 472 valence electrons. The average molecular weight is 1180 g/mol. The first-order valence-electron chi connectivity index (χ1n) is 32.6. The molecule has 4 bridgehead atoms. The maximum absolute atomic E-state index is 13.3. The Morgan fingerprint density at radius 1 is 0.512 bits per heavy atom. The molecule has 18 nitrogen and oxygen atoms in total. The summed E-state index contributed by atoms with van der Waals surface area (Å²) < 4.78 is 46.4. The fourth-order valence-corrected chi connectivity index (χ4v) is 17.6. The number of epoxide rings is 2. The van der Waals surface area contributed by atoms with E-state index in [1.807, 2.05) is 0 Å². The Hall–Kier alpha value is -3.94. The van der Waals surface area contributed by atoms with Crippen LogP contribution in [0.3, 0.4) is 0 Å². The van der Waals surface area contributed by atoms with Crippen LogP contribution >= 0.6 is 0 Å². The molecule has 4 N–H and O–H groups in total. The molecule has 0 aromatic heterocycles. The van der Waals surface area contributed by atoms with E-state index in [1.54, 1.807) is 41.5 Å². The molecule has 10 fully saturated rings. The number of carbonyl (C=O) groups excluding carboxylic acids is 6. The largest absolute Gasteiger partial charge is 0.462 e. The van der Waals surface area contributed by atoms with Gasteiger partial charge in [0, 0.05) is 37.5 Å². The Labute approximate surface area is 497 Å². The molecule has 18 heteroatoms. The molecule has 0 radical (unpaired) electrons. The van der Waals surface area contributed by atoms with E-state index >= 15 is 0 Å². The Bertz CT molecular complexity index is 2310. The van der Waals surface area contributed by atoms with Crippen LogP contribution in [-0.4, -0.2) is 140 Å². The summed E-state index contributed by atoms with van der Waals surface area (Å²) in [4.78, 5) is 77.8. The summed E-state index contributed by atoms with van der Waals surface area (Å²) in [6.45, 7) is 22.6. The van der Waals surface area contributed by atoms with E-state index in [9.17, 15) is 49.2 Å². The number of carbonyl (C=O) groups is 6. The van der Waals surface area contributed by atoms with Gasteiger partial charge in [-0.1, -0.05) is 180 Å². The lowest BCUT2D eigenvalue weighted by atomic mass is 9.50. The monoisotopic (exact) mass is 1180 g/mol. The molecule has 6 heterocycles. The van der Waals surface area contributed by atoms with E-state index in [0.717, 1.165) is 38.5 Å². The van der Waals surface area contributed by atoms with Crippen LogP contribution < -0.4 is 0 Å². The van der Waals surface area contributed by atoms with Gasteiger partial charge in [0.2, 0.25) is 0 Å². The maximum Gasteiger partial charge on any atom is 0.313 e. The van der Waals surface area contributed by atoms with Gasteiger partial charge in [-0.15, -0.1) is 0 Å². The van der Waals surface area contributed by atoms with Crippen molar-refractivity contribution < 1.29 is 87.1 Å². The Morgan fingerprint density at radius 3 is 1.11 bits per heavy atom. The van der Waals surface area contributed by atoms with Crippen LogP contribution in [0.2, 0.25) is 0 Å². The molecule has 84 heavy (non-hydrogen) atoms. The minimum atomic E-state index is -1.81. The fourth-order valence-electron chi connectivity index (χ4n) is 17.6. The van der Waals surface area contributed by atoms with Gasteiger partial charge in [0.1, 0.15) is 72.2 Å². The topological polar surface area (TPSA) is 264 Å². The van der Waals surface area contributed by atoms with E-state index in [4.69, 9.17) is 37.9 Å². The Balaban J connectivity index is 0.000000202. The number of ether oxygens (including phenoxy) is 8. The van der Waals surface area contributed by atoms with Crippen molar-refractivity contribution >= 4 is 35.8 Å². The number of rotatable bonds is 30. The number of fused-ring (bicyclic) bond motifs is 16. The van der Waals surface area contributed by atoms with Crippen LogP contribution in [-0.2, 0) is 66.7 Å². The molecule has 0 aromatic carbocycles. The minimum Gasteiger partial charge on any atom is -0.462 e. The number of hydrogen-bond donors (Lipinski definition) is 4. The Morgan fingerprint density at radius 2 is 0.810 bits per heavy atom. The first kappa shape index (κ1) is 64.5. The van der Waals surface area contributed by atoms with Gasteiger partial charge >= 0.3 is 35.8 Å². The van der Waals surface area contributed by atoms with Crippen molar-refractivity contribution in [3.8, 4) is 0 Å². The van der Waals surface area contributed by atoms with Crippen LogP contribution in [0.25, 0.3) is 0 Å². The molecule has 4 aliphatic carbocycles. The molecule has 6 aliphatic heterocycles. The van der Waals surface area contributed by atoms with E-state index < -0.39 is 154 Å². The van der Waals surface area contributed by atoms with E-state index in [2.05, 4.69) is 27.0 Å². The molecule has 0 amide bonds. The predicted molar refractivity (Wildman–Crippen MR) is 306 cm³/mol. The lowest BCUT2D eigenvalue weighted by molar-refractivity contribution is -0.272. The zero-order valence-electron chi connectivity index (χ0n) is 51.5. The normalized spacial score (nSPS) is 41.7. The highest BCUT2D eigenvalue weighted by molar-refractivity contribution is 5.83. The second-order valence-corrected chi connectivity index (χ2v) is 27.6. The molecule has 6 saturated heterocycles. The van der Waals surface area contributed by atoms with Gasteiger partial charge in [-0.05, 0) is 40.5 Å². The van der Waals surface area contributed by atoms with E-state index in [-0.39, 0.29) is 24.8 Å². The van der Waals surface area contributed by atoms with Crippen molar-refractivity contribution in [1.29, 1.82) is 0 Å². The summed E-state index contributed by atoms with van der Waals surface area (Å²) in [5, 5.41) is 47.8. The van der Waals surface area contributed by atoms with E-state index in [1.165, 1.54) is 103 Å². The summed E-state index contributed by atoms with van der Waals surface area (Å²) in [6, 6.07) is 0. The zero-order chi connectivity index (χ0) is 60.9. The van der Waals surface area contributed by atoms with Crippen LogP contribution in [0.1, 0.15) is 222 Å². The van der Waals surface area contributed by atoms with Crippen LogP contribution in [0, 0.1) is 46.3 Å². The molecule has 4 saturated carbocycles. The zero-order valence-corrected chi connectivity index (χ0v) is 51.5. The van der Waals surface area contributed by atoms with E-state index in [0.29, 0.717) is 24.0 Å². The molecular formula is C66H100O18. The lowest BCUT2D eigenvalue weighted by Gasteiger charge is -2.57. The summed E-state index contributed by atoms with van der Waals surface area (Å²) in [6.07, 6.45) is 18.1. The molecule has 0 unspecified atom stereocenters. The van der Waals surface area contributed by atoms with Gasteiger partial charge < -0.3 is 58.3 Å².